The Morgan fingerprint density at radius 2 is 1.58 bits per heavy atom. The molecular formula is C30H35N5O3. The molecule has 2 aromatic carbocycles. The summed E-state index contributed by atoms with van der Waals surface area (Å²) < 4.78 is 8.84. The summed E-state index contributed by atoms with van der Waals surface area (Å²) in [4.78, 5) is 28.4. The van der Waals surface area contributed by atoms with Crippen molar-refractivity contribution in [1.82, 2.24) is 19.6 Å². The lowest BCUT2D eigenvalue weighted by Crippen LogP contribution is -2.43. The Hall–Kier alpha value is -3.94. The molecule has 1 aliphatic carbocycles. The van der Waals surface area contributed by atoms with E-state index in [0.717, 1.165) is 48.0 Å². The van der Waals surface area contributed by atoms with E-state index >= 15 is 0 Å². The smallest absolute Gasteiger partial charge is 0.343 e. The number of amides is 1. The van der Waals surface area contributed by atoms with Crippen molar-refractivity contribution < 1.29 is 14.3 Å². The zero-order valence-corrected chi connectivity index (χ0v) is 22.5. The van der Waals surface area contributed by atoms with E-state index in [4.69, 9.17) is 9.84 Å². The van der Waals surface area contributed by atoms with Crippen LogP contribution in [0.3, 0.4) is 0 Å². The van der Waals surface area contributed by atoms with Gasteiger partial charge >= 0.3 is 5.97 Å². The van der Waals surface area contributed by atoms with Crippen molar-refractivity contribution in [1.29, 1.82) is 0 Å². The zero-order chi connectivity index (χ0) is 26.8. The fourth-order valence-corrected chi connectivity index (χ4v) is 5.19. The molecule has 8 nitrogen and oxygen atoms in total. The highest BCUT2D eigenvalue weighted by atomic mass is 16.5. The molecule has 0 atom stereocenters. The molecule has 1 amide bonds. The fourth-order valence-electron chi connectivity index (χ4n) is 5.19. The summed E-state index contributed by atoms with van der Waals surface area (Å²) in [7, 11) is 0. The Morgan fingerprint density at radius 3 is 2.18 bits per heavy atom. The second kappa shape index (κ2) is 10.8. The first-order valence-corrected chi connectivity index (χ1v) is 13.5. The SMILES string of the molecule is CCOC(=O)c1cn(-c2ccc(-n3cc4ccccc4n3)cc2)nc1N(C(=O)[C@H]1CC[C@H](C)CC1)C(C)C. The molecule has 4 aromatic rings. The summed E-state index contributed by atoms with van der Waals surface area (Å²) in [5.41, 5.74) is 2.90. The first-order valence-electron chi connectivity index (χ1n) is 13.5. The van der Waals surface area contributed by atoms with Gasteiger partial charge in [-0.15, -0.1) is 5.10 Å². The maximum absolute atomic E-state index is 13.7. The standard InChI is InChI=1S/C30H35N5O3/c1-5-38-30(37)26-19-34(32-28(26)35(20(2)3)29(36)22-12-10-21(4)11-13-22)25-16-14-24(15-17-25)33-18-23-8-6-7-9-27(23)31-33/h6-9,14-22H,5,10-13H2,1-4H3/t21-,22-. The number of fused-ring (bicyclic) bond motifs is 1. The van der Waals surface area contributed by atoms with Crippen LogP contribution in [0.25, 0.3) is 22.3 Å². The van der Waals surface area contributed by atoms with E-state index in [2.05, 4.69) is 12.0 Å². The summed E-state index contributed by atoms with van der Waals surface area (Å²) in [6.07, 6.45) is 7.47. The van der Waals surface area contributed by atoms with Crippen molar-refractivity contribution in [3.05, 3.63) is 66.5 Å². The Bertz CT molecular complexity index is 1390. The Labute approximate surface area is 223 Å². The molecule has 0 radical (unpaired) electrons. The van der Waals surface area contributed by atoms with E-state index in [1.165, 1.54) is 0 Å². The van der Waals surface area contributed by atoms with E-state index in [0.29, 0.717) is 17.3 Å². The minimum atomic E-state index is -0.482. The highest BCUT2D eigenvalue weighted by Gasteiger charge is 2.34. The van der Waals surface area contributed by atoms with Crippen LogP contribution >= 0.6 is 0 Å². The van der Waals surface area contributed by atoms with Crippen molar-refractivity contribution in [3.8, 4) is 11.4 Å². The van der Waals surface area contributed by atoms with Gasteiger partial charge in [0.25, 0.3) is 0 Å². The number of esters is 1. The molecule has 38 heavy (non-hydrogen) atoms. The molecule has 198 valence electrons. The third-order valence-corrected chi connectivity index (χ3v) is 7.33. The predicted octanol–water partition coefficient (Wildman–Crippen LogP) is 5.96. The molecule has 0 N–H and O–H groups in total. The van der Waals surface area contributed by atoms with Crippen LogP contribution in [0.1, 0.15) is 63.7 Å². The number of anilines is 1. The van der Waals surface area contributed by atoms with Gasteiger partial charge in [-0.1, -0.05) is 25.1 Å². The zero-order valence-electron chi connectivity index (χ0n) is 22.5. The first-order chi connectivity index (χ1) is 18.4. The summed E-state index contributed by atoms with van der Waals surface area (Å²) in [6, 6.07) is 15.6. The molecule has 5 rings (SSSR count). The van der Waals surface area contributed by atoms with Gasteiger partial charge < -0.3 is 4.74 Å². The van der Waals surface area contributed by atoms with Gasteiger partial charge in [-0.2, -0.15) is 5.10 Å². The molecule has 1 aliphatic rings. The maximum Gasteiger partial charge on any atom is 0.343 e. The molecule has 8 heteroatoms. The van der Waals surface area contributed by atoms with Crippen LogP contribution in [-0.2, 0) is 9.53 Å². The average molecular weight is 514 g/mol. The number of carbonyl (C=O) groups excluding carboxylic acids is 2. The minimum Gasteiger partial charge on any atom is -0.462 e. The second-order valence-corrected chi connectivity index (χ2v) is 10.4. The van der Waals surface area contributed by atoms with E-state index in [-0.39, 0.29) is 24.5 Å². The van der Waals surface area contributed by atoms with Gasteiger partial charge in [0.2, 0.25) is 5.91 Å². The van der Waals surface area contributed by atoms with Crippen molar-refractivity contribution in [2.45, 2.75) is 59.4 Å². The third-order valence-electron chi connectivity index (χ3n) is 7.33. The van der Waals surface area contributed by atoms with Gasteiger partial charge in [0, 0.05) is 29.7 Å². The van der Waals surface area contributed by atoms with Crippen LogP contribution in [0, 0.1) is 11.8 Å². The quantitative estimate of drug-likeness (QED) is 0.285. The number of aromatic nitrogens is 4. The summed E-state index contributed by atoms with van der Waals surface area (Å²) in [6.45, 7) is 8.17. The molecule has 2 heterocycles. The molecule has 2 aromatic heterocycles. The summed E-state index contributed by atoms with van der Waals surface area (Å²) >= 11 is 0. The predicted molar refractivity (Wildman–Crippen MR) is 148 cm³/mol. The molecule has 0 aliphatic heterocycles. The number of benzene rings is 2. The van der Waals surface area contributed by atoms with Gasteiger partial charge in [-0.25, -0.2) is 14.2 Å². The summed E-state index contributed by atoms with van der Waals surface area (Å²) in [5.74, 6) is 0.485. The van der Waals surface area contributed by atoms with Crippen LogP contribution in [0.2, 0.25) is 0 Å². The normalized spacial score (nSPS) is 17.6. The number of hydrogen-bond acceptors (Lipinski definition) is 5. The van der Waals surface area contributed by atoms with Crippen LogP contribution < -0.4 is 4.90 Å². The molecule has 1 saturated carbocycles. The molecule has 0 bridgehead atoms. The molecular weight excluding hydrogens is 478 g/mol. The first kappa shape index (κ1) is 25.7. The Morgan fingerprint density at radius 1 is 0.947 bits per heavy atom. The van der Waals surface area contributed by atoms with Crippen molar-refractivity contribution in [2.75, 3.05) is 11.5 Å². The lowest BCUT2D eigenvalue weighted by atomic mass is 9.82. The van der Waals surface area contributed by atoms with Gasteiger partial charge in [-0.3, -0.25) is 9.69 Å². The largest absolute Gasteiger partial charge is 0.462 e. The van der Waals surface area contributed by atoms with Crippen LogP contribution in [0.5, 0.6) is 0 Å². The van der Waals surface area contributed by atoms with Gasteiger partial charge in [-0.05, 0) is 82.7 Å². The average Bonchev–Trinajstić information content (AvgIpc) is 3.54. The number of rotatable bonds is 7. The van der Waals surface area contributed by atoms with Crippen LogP contribution in [0.15, 0.2) is 60.9 Å². The monoisotopic (exact) mass is 513 g/mol. The Kier molecular flexibility index (Phi) is 7.31. The highest BCUT2D eigenvalue weighted by Crippen LogP contribution is 2.33. The molecule has 0 unspecified atom stereocenters. The number of carbonyl (C=O) groups is 2. The van der Waals surface area contributed by atoms with Crippen LogP contribution in [-0.4, -0.2) is 44.1 Å². The summed E-state index contributed by atoms with van der Waals surface area (Å²) in [5, 5.41) is 10.5. The van der Waals surface area contributed by atoms with Crippen molar-refractivity contribution in [2.24, 2.45) is 11.8 Å². The second-order valence-electron chi connectivity index (χ2n) is 10.4. The van der Waals surface area contributed by atoms with E-state index in [1.807, 2.05) is 73.3 Å². The van der Waals surface area contributed by atoms with E-state index < -0.39 is 5.97 Å². The minimum absolute atomic E-state index is 0.0313. The lowest BCUT2D eigenvalue weighted by molar-refractivity contribution is -0.124. The molecule has 0 saturated heterocycles. The van der Waals surface area contributed by atoms with Gasteiger partial charge in [0.15, 0.2) is 5.82 Å². The number of nitrogens with zero attached hydrogens (tertiary/aromatic N) is 5. The maximum atomic E-state index is 13.7. The van der Waals surface area contributed by atoms with Gasteiger partial charge in [0.1, 0.15) is 5.56 Å². The third kappa shape index (κ3) is 5.08. The number of hydrogen-bond donors (Lipinski definition) is 0. The fraction of sp³-hybridized carbons (Fsp3) is 0.400. The highest BCUT2D eigenvalue weighted by molar-refractivity contribution is 6.02. The van der Waals surface area contributed by atoms with E-state index in [9.17, 15) is 9.59 Å². The van der Waals surface area contributed by atoms with Crippen molar-refractivity contribution >= 4 is 28.6 Å². The Balaban J connectivity index is 1.48. The van der Waals surface area contributed by atoms with Crippen LogP contribution in [0.4, 0.5) is 5.82 Å². The van der Waals surface area contributed by atoms with Crippen molar-refractivity contribution in [3.63, 3.8) is 0 Å². The lowest BCUT2D eigenvalue weighted by Gasteiger charge is -2.32. The topological polar surface area (TPSA) is 82.2 Å². The molecule has 0 spiro atoms. The number of ether oxygens (including phenoxy) is 1. The van der Waals surface area contributed by atoms with Gasteiger partial charge in [0.05, 0.1) is 23.5 Å². The molecule has 1 fully saturated rings. The van der Waals surface area contributed by atoms with E-state index in [1.54, 1.807) is 22.7 Å².